The van der Waals surface area contributed by atoms with E-state index in [1.807, 2.05) is 24.4 Å². The van der Waals surface area contributed by atoms with Gasteiger partial charge in [-0.05, 0) is 50.6 Å². The molecule has 0 atom stereocenters. The third kappa shape index (κ3) is 2.55. The van der Waals surface area contributed by atoms with Crippen LogP contribution in [0.25, 0.3) is 10.9 Å². The largest absolute Gasteiger partial charge is 0.392 e. The number of halogens is 1. The highest BCUT2D eigenvalue weighted by atomic mass is 79.9. The van der Waals surface area contributed by atoms with Crippen molar-refractivity contribution in [3.05, 3.63) is 64.5 Å². The second-order valence-electron chi connectivity index (χ2n) is 4.51. The van der Waals surface area contributed by atoms with Crippen LogP contribution in [0.15, 0.2) is 53.4 Å². The number of hydrogen-bond acceptors (Lipinski definition) is 2. The average Bonchev–Trinajstić information content (AvgIpc) is 2.81. The van der Waals surface area contributed by atoms with Crippen molar-refractivity contribution in [1.82, 2.24) is 9.55 Å². The molecule has 96 valence electrons. The fourth-order valence-electron chi connectivity index (χ4n) is 2.20. The first-order valence-electron chi connectivity index (χ1n) is 6.04. The first kappa shape index (κ1) is 12.4. The molecular weight excluding hydrogens is 304 g/mol. The molecule has 0 unspecified atom stereocenters. The monoisotopic (exact) mass is 316 g/mol. The fraction of sp³-hybridized carbons (Fsp3) is 0.133. The summed E-state index contributed by atoms with van der Waals surface area (Å²) in [6.45, 7) is 0.838. The van der Waals surface area contributed by atoms with Crippen molar-refractivity contribution in [2.24, 2.45) is 0 Å². The van der Waals surface area contributed by atoms with E-state index in [4.69, 9.17) is 0 Å². The van der Waals surface area contributed by atoms with Gasteiger partial charge in [-0.1, -0.05) is 12.1 Å². The number of aliphatic hydroxyl groups is 1. The van der Waals surface area contributed by atoms with Gasteiger partial charge in [0.15, 0.2) is 0 Å². The number of rotatable bonds is 3. The molecule has 2 heterocycles. The standard InChI is InChI=1S/C15H13BrN2O/c16-14-5-12(7-17-8-14)9-18-4-3-13-2-1-11(10-19)6-15(13)18/h1-8,19H,9-10H2. The molecule has 0 aliphatic rings. The van der Waals surface area contributed by atoms with Crippen LogP contribution in [0.4, 0.5) is 0 Å². The molecule has 1 N–H and O–H groups in total. The Morgan fingerprint density at radius 1 is 1.11 bits per heavy atom. The lowest BCUT2D eigenvalue weighted by atomic mass is 10.2. The molecule has 4 heteroatoms. The third-order valence-corrected chi connectivity index (χ3v) is 3.57. The molecule has 0 saturated heterocycles. The van der Waals surface area contributed by atoms with Crippen LogP contribution in [0.5, 0.6) is 0 Å². The van der Waals surface area contributed by atoms with E-state index in [9.17, 15) is 5.11 Å². The summed E-state index contributed by atoms with van der Waals surface area (Å²) in [5.74, 6) is 0. The van der Waals surface area contributed by atoms with E-state index < -0.39 is 0 Å². The Morgan fingerprint density at radius 3 is 2.79 bits per heavy atom. The van der Waals surface area contributed by atoms with Crippen molar-refractivity contribution in [2.45, 2.75) is 13.2 Å². The fourth-order valence-corrected chi connectivity index (χ4v) is 2.62. The molecule has 19 heavy (non-hydrogen) atoms. The SMILES string of the molecule is OCc1ccc2ccn(Cc3cncc(Br)c3)c2c1. The molecular formula is C15H13BrN2O. The predicted octanol–water partition coefficient (Wildman–Crippen LogP) is 3.34. The molecule has 0 bridgehead atoms. The Hall–Kier alpha value is -1.65. The first-order valence-corrected chi connectivity index (χ1v) is 6.83. The molecule has 0 saturated carbocycles. The minimum absolute atomic E-state index is 0.0690. The zero-order valence-corrected chi connectivity index (χ0v) is 11.8. The van der Waals surface area contributed by atoms with Crippen molar-refractivity contribution >= 4 is 26.8 Å². The van der Waals surface area contributed by atoms with Gasteiger partial charge in [0.25, 0.3) is 0 Å². The molecule has 0 radical (unpaired) electrons. The molecule has 3 aromatic rings. The van der Waals surface area contributed by atoms with Crippen molar-refractivity contribution < 1.29 is 5.11 Å². The number of fused-ring (bicyclic) bond motifs is 1. The Morgan fingerprint density at radius 2 is 2.00 bits per heavy atom. The smallest absolute Gasteiger partial charge is 0.0682 e. The summed E-state index contributed by atoms with van der Waals surface area (Å²) in [5.41, 5.74) is 3.20. The predicted molar refractivity (Wildman–Crippen MR) is 78.9 cm³/mol. The summed E-state index contributed by atoms with van der Waals surface area (Å²) in [7, 11) is 0. The maximum Gasteiger partial charge on any atom is 0.0682 e. The van der Waals surface area contributed by atoms with Crippen LogP contribution in [0.2, 0.25) is 0 Å². The summed E-state index contributed by atoms with van der Waals surface area (Å²) in [6, 6.07) is 10.2. The van der Waals surface area contributed by atoms with Gasteiger partial charge >= 0.3 is 0 Å². The van der Waals surface area contributed by atoms with Gasteiger partial charge in [0.05, 0.1) is 6.61 Å². The van der Waals surface area contributed by atoms with Crippen LogP contribution < -0.4 is 0 Å². The van der Waals surface area contributed by atoms with E-state index in [0.717, 1.165) is 27.7 Å². The molecule has 0 aliphatic carbocycles. The van der Waals surface area contributed by atoms with Crippen LogP contribution >= 0.6 is 15.9 Å². The van der Waals surface area contributed by atoms with E-state index in [1.54, 1.807) is 6.20 Å². The highest BCUT2D eigenvalue weighted by molar-refractivity contribution is 9.10. The summed E-state index contributed by atoms with van der Waals surface area (Å²) in [6.07, 6.45) is 5.71. The number of nitrogens with zero attached hydrogens (tertiary/aromatic N) is 2. The summed E-state index contributed by atoms with van der Waals surface area (Å²) in [4.78, 5) is 4.18. The number of aromatic nitrogens is 2. The zero-order chi connectivity index (χ0) is 13.2. The van der Waals surface area contributed by atoms with Crippen LogP contribution in [-0.2, 0) is 13.2 Å². The van der Waals surface area contributed by atoms with Crippen molar-refractivity contribution in [3.63, 3.8) is 0 Å². The Kier molecular flexibility index (Phi) is 3.36. The summed E-state index contributed by atoms with van der Waals surface area (Å²) >= 11 is 3.43. The third-order valence-electron chi connectivity index (χ3n) is 3.14. The average molecular weight is 317 g/mol. The Labute approximate surface area is 119 Å². The van der Waals surface area contributed by atoms with Gasteiger partial charge in [0, 0.05) is 35.1 Å². The minimum atomic E-state index is 0.0690. The number of benzene rings is 1. The van der Waals surface area contributed by atoms with E-state index >= 15 is 0 Å². The van der Waals surface area contributed by atoms with Gasteiger partial charge in [-0.25, -0.2) is 0 Å². The van der Waals surface area contributed by atoms with E-state index in [-0.39, 0.29) is 6.61 Å². The number of hydrogen-bond donors (Lipinski definition) is 1. The highest BCUT2D eigenvalue weighted by Gasteiger charge is 2.03. The Bertz CT molecular complexity index is 721. The molecule has 2 aromatic heterocycles. The first-order chi connectivity index (χ1) is 9.26. The number of pyridine rings is 1. The quantitative estimate of drug-likeness (QED) is 0.804. The van der Waals surface area contributed by atoms with Gasteiger partial charge < -0.3 is 9.67 Å². The molecule has 0 amide bonds. The van der Waals surface area contributed by atoms with Crippen LogP contribution in [0, 0.1) is 0 Å². The molecule has 1 aromatic carbocycles. The van der Waals surface area contributed by atoms with Gasteiger partial charge in [-0.15, -0.1) is 0 Å². The van der Waals surface area contributed by atoms with E-state index in [0.29, 0.717) is 0 Å². The topological polar surface area (TPSA) is 38.0 Å². The highest BCUT2D eigenvalue weighted by Crippen LogP contribution is 2.20. The second-order valence-corrected chi connectivity index (χ2v) is 5.42. The summed E-state index contributed by atoms with van der Waals surface area (Å²) < 4.78 is 3.15. The van der Waals surface area contributed by atoms with Crippen molar-refractivity contribution in [1.29, 1.82) is 0 Å². The van der Waals surface area contributed by atoms with Crippen LogP contribution in [-0.4, -0.2) is 14.7 Å². The lowest BCUT2D eigenvalue weighted by Gasteiger charge is -2.06. The van der Waals surface area contributed by atoms with Gasteiger partial charge in [-0.3, -0.25) is 4.98 Å². The van der Waals surface area contributed by atoms with Gasteiger partial charge in [0.2, 0.25) is 0 Å². The van der Waals surface area contributed by atoms with Crippen molar-refractivity contribution in [3.8, 4) is 0 Å². The van der Waals surface area contributed by atoms with Crippen LogP contribution in [0.3, 0.4) is 0 Å². The normalized spacial score (nSPS) is 11.1. The second kappa shape index (κ2) is 5.15. The summed E-state index contributed by atoms with van der Waals surface area (Å²) in [5, 5.41) is 10.4. The van der Waals surface area contributed by atoms with Gasteiger partial charge in [0.1, 0.15) is 0 Å². The van der Waals surface area contributed by atoms with E-state index in [2.05, 4.69) is 43.8 Å². The maximum absolute atomic E-state index is 9.23. The molecule has 0 fully saturated rings. The lowest BCUT2D eigenvalue weighted by Crippen LogP contribution is -1.98. The zero-order valence-electron chi connectivity index (χ0n) is 10.3. The Balaban J connectivity index is 2.00. The van der Waals surface area contributed by atoms with Crippen molar-refractivity contribution in [2.75, 3.05) is 0 Å². The molecule has 3 rings (SSSR count). The molecule has 0 aliphatic heterocycles. The van der Waals surface area contributed by atoms with E-state index in [1.165, 1.54) is 5.39 Å². The molecule has 0 spiro atoms. The van der Waals surface area contributed by atoms with Crippen LogP contribution in [0.1, 0.15) is 11.1 Å². The van der Waals surface area contributed by atoms with Gasteiger partial charge in [-0.2, -0.15) is 0 Å². The maximum atomic E-state index is 9.23. The lowest BCUT2D eigenvalue weighted by molar-refractivity contribution is 0.282. The minimum Gasteiger partial charge on any atom is -0.392 e. The molecule has 3 nitrogen and oxygen atoms in total. The number of aliphatic hydroxyl groups excluding tert-OH is 1.